The highest BCUT2D eigenvalue weighted by Gasteiger charge is 2.06. The van der Waals surface area contributed by atoms with Crippen molar-refractivity contribution < 1.29 is 14.2 Å². The average molecular weight is 414 g/mol. The topological polar surface area (TPSA) is 64.1 Å². The molecule has 0 radical (unpaired) electrons. The molecule has 0 unspecified atom stereocenters. The lowest BCUT2D eigenvalue weighted by Crippen LogP contribution is -2.36. The fourth-order valence-electron chi connectivity index (χ4n) is 2.89. The summed E-state index contributed by atoms with van der Waals surface area (Å²) >= 11 is 0. The number of aliphatic imine (C=N–C) groups is 1. The standard InChI is InChI=1S/C24H35N3O3/c1-5-29-18-21-10-8-20(9-11-21)16-26-24(25-3)27-17-22-12-7-19(2)15-23(22)30-14-6-13-28-4/h7-12,15H,5-6,13-14,16-18H2,1-4H3,(H2,25,26,27). The van der Waals surface area contributed by atoms with E-state index in [0.29, 0.717) is 32.9 Å². The van der Waals surface area contributed by atoms with E-state index in [4.69, 9.17) is 14.2 Å². The molecule has 6 nitrogen and oxygen atoms in total. The van der Waals surface area contributed by atoms with Crippen molar-refractivity contribution in [3.05, 3.63) is 64.7 Å². The SMILES string of the molecule is CCOCc1ccc(CNC(=NC)NCc2ccc(C)cc2OCCCOC)cc1. The van der Waals surface area contributed by atoms with Crippen molar-refractivity contribution in [2.45, 2.75) is 40.0 Å². The third kappa shape index (κ3) is 8.43. The number of benzene rings is 2. The first-order valence-electron chi connectivity index (χ1n) is 10.5. The second-order valence-electron chi connectivity index (χ2n) is 7.04. The van der Waals surface area contributed by atoms with Gasteiger partial charge in [-0.05, 0) is 36.6 Å². The van der Waals surface area contributed by atoms with Gasteiger partial charge < -0.3 is 24.8 Å². The quantitative estimate of drug-likeness (QED) is 0.315. The summed E-state index contributed by atoms with van der Waals surface area (Å²) in [6.45, 7) is 8.12. The summed E-state index contributed by atoms with van der Waals surface area (Å²) in [5.74, 6) is 1.65. The Kier molecular flexibility index (Phi) is 10.8. The lowest BCUT2D eigenvalue weighted by molar-refractivity contribution is 0.134. The van der Waals surface area contributed by atoms with E-state index in [1.54, 1.807) is 14.2 Å². The van der Waals surface area contributed by atoms with E-state index in [1.165, 1.54) is 16.7 Å². The minimum absolute atomic E-state index is 0.632. The van der Waals surface area contributed by atoms with Crippen molar-refractivity contribution in [3.63, 3.8) is 0 Å². The Bertz CT molecular complexity index is 776. The second kappa shape index (κ2) is 13.6. The molecule has 2 rings (SSSR count). The molecule has 0 aliphatic heterocycles. The van der Waals surface area contributed by atoms with E-state index >= 15 is 0 Å². The van der Waals surface area contributed by atoms with Crippen LogP contribution in [0.5, 0.6) is 5.75 Å². The minimum Gasteiger partial charge on any atom is -0.493 e. The van der Waals surface area contributed by atoms with E-state index in [0.717, 1.165) is 30.3 Å². The van der Waals surface area contributed by atoms with Crippen LogP contribution in [0, 0.1) is 6.92 Å². The van der Waals surface area contributed by atoms with E-state index < -0.39 is 0 Å². The Labute approximate surface area is 180 Å². The molecule has 0 heterocycles. The smallest absolute Gasteiger partial charge is 0.191 e. The van der Waals surface area contributed by atoms with Gasteiger partial charge in [-0.15, -0.1) is 0 Å². The summed E-state index contributed by atoms with van der Waals surface area (Å²) in [6.07, 6.45) is 0.865. The number of nitrogens with zero attached hydrogens (tertiary/aromatic N) is 1. The first-order chi connectivity index (χ1) is 14.7. The van der Waals surface area contributed by atoms with Gasteiger partial charge in [-0.3, -0.25) is 4.99 Å². The largest absolute Gasteiger partial charge is 0.493 e. The molecule has 2 N–H and O–H groups in total. The zero-order chi connectivity index (χ0) is 21.6. The summed E-state index contributed by atoms with van der Waals surface area (Å²) in [5, 5.41) is 6.73. The third-order valence-electron chi connectivity index (χ3n) is 4.60. The molecule has 0 fully saturated rings. The van der Waals surface area contributed by atoms with Crippen molar-refractivity contribution in [3.8, 4) is 5.75 Å². The molecule has 0 aliphatic carbocycles. The molecule has 0 saturated heterocycles. The molecule has 0 saturated carbocycles. The van der Waals surface area contributed by atoms with Crippen molar-refractivity contribution in [2.75, 3.05) is 34.0 Å². The molecular weight excluding hydrogens is 378 g/mol. The van der Waals surface area contributed by atoms with Crippen LogP contribution in [0.1, 0.15) is 35.6 Å². The van der Waals surface area contributed by atoms with Crippen LogP contribution in [-0.2, 0) is 29.2 Å². The lowest BCUT2D eigenvalue weighted by Gasteiger charge is -2.16. The molecule has 0 atom stereocenters. The van der Waals surface area contributed by atoms with E-state index in [1.807, 2.05) is 6.92 Å². The Morgan fingerprint density at radius 1 is 0.967 bits per heavy atom. The summed E-state index contributed by atoms with van der Waals surface area (Å²) < 4.78 is 16.5. The van der Waals surface area contributed by atoms with Gasteiger partial charge in [-0.2, -0.15) is 0 Å². The van der Waals surface area contributed by atoms with Gasteiger partial charge >= 0.3 is 0 Å². The van der Waals surface area contributed by atoms with Crippen LogP contribution >= 0.6 is 0 Å². The van der Waals surface area contributed by atoms with Crippen LogP contribution in [0.2, 0.25) is 0 Å². The highest BCUT2D eigenvalue weighted by molar-refractivity contribution is 5.79. The number of guanidine groups is 1. The van der Waals surface area contributed by atoms with Gasteiger partial charge in [0.15, 0.2) is 5.96 Å². The maximum Gasteiger partial charge on any atom is 0.191 e. The number of hydrogen-bond donors (Lipinski definition) is 2. The normalized spacial score (nSPS) is 11.4. The molecule has 164 valence electrons. The average Bonchev–Trinajstić information content (AvgIpc) is 2.77. The summed E-state index contributed by atoms with van der Waals surface area (Å²) in [6, 6.07) is 14.7. The van der Waals surface area contributed by atoms with Crippen LogP contribution in [0.15, 0.2) is 47.5 Å². The first kappa shape index (κ1) is 23.7. The Balaban J connectivity index is 1.86. The zero-order valence-electron chi connectivity index (χ0n) is 18.7. The third-order valence-corrected chi connectivity index (χ3v) is 4.60. The van der Waals surface area contributed by atoms with Crippen molar-refractivity contribution in [1.29, 1.82) is 0 Å². The molecular formula is C24H35N3O3. The van der Waals surface area contributed by atoms with Gasteiger partial charge in [-0.25, -0.2) is 0 Å². The lowest BCUT2D eigenvalue weighted by atomic mass is 10.1. The van der Waals surface area contributed by atoms with E-state index in [9.17, 15) is 0 Å². The van der Waals surface area contributed by atoms with Crippen LogP contribution in [0.25, 0.3) is 0 Å². The van der Waals surface area contributed by atoms with E-state index in [2.05, 4.69) is 65.0 Å². The van der Waals surface area contributed by atoms with Gasteiger partial charge in [0.2, 0.25) is 0 Å². The minimum atomic E-state index is 0.632. The molecule has 2 aromatic rings. The Morgan fingerprint density at radius 2 is 1.70 bits per heavy atom. The molecule has 0 spiro atoms. The van der Waals surface area contributed by atoms with Crippen molar-refractivity contribution >= 4 is 5.96 Å². The predicted molar refractivity (Wildman–Crippen MR) is 122 cm³/mol. The van der Waals surface area contributed by atoms with Gasteiger partial charge in [0.25, 0.3) is 0 Å². The fourth-order valence-corrected chi connectivity index (χ4v) is 2.89. The number of methoxy groups -OCH3 is 1. The summed E-state index contributed by atoms with van der Waals surface area (Å²) in [5.41, 5.74) is 4.65. The molecule has 0 bridgehead atoms. The Morgan fingerprint density at radius 3 is 2.40 bits per heavy atom. The number of nitrogens with one attached hydrogen (secondary N) is 2. The van der Waals surface area contributed by atoms with Crippen LogP contribution in [0.3, 0.4) is 0 Å². The molecule has 0 aromatic heterocycles. The van der Waals surface area contributed by atoms with Gasteiger partial charge in [0, 0.05) is 52.4 Å². The molecule has 30 heavy (non-hydrogen) atoms. The molecule has 0 amide bonds. The van der Waals surface area contributed by atoms with Gasteiger partial charge in [-0.1, -0.05) is 36.4 Å². The van der Waals surface area contributed by atoms with Crippen LogP contribution in [0.4, 0.5) is 0 Å². The highest BCUT2D eigenvalue weighted by atomic mass is 16.5. The van der Waals surface area contributed by atoms with Crippen molar-refractivity contribution in [2.24, 2.45) is 4.99 Å². The first-order valence-corrected chi connectivity index (χ1v) is 10.5. The van der Waals surface area contributed by atoms with Crippen molar-refractivity contribution in [1.82, 2.24) is 10.6 Å². The van der Waals surface area contributed by atoms with Gasteiger partial charge in [0.05, 0.1) is 13.2 Å². The van der Waals surface area contributed by atoms with Gasteiger partial charge in [0.1, 0.15) is 5.75 Å². The second-order valence-corrected chi connectivity index (χ2v) is 7.04. The molecule has 0 aliphatic rings. The fraction of sp³-hybridized carbons (Fsp3) is 0.458. The molecule has 2 aromatic carbocycles. The number of hydrogen-bond acceptors (Lipinski definition) is 4. The maximum atomic E-state index is 5.96. The number of rotatable bonds is 12. The van der Waals surface area contributed by atoms with Crippen LogP contribution < -0.4 is 15.4 Å². The summed E-state index contributed by atoms with van der Waals surface area (Å²) in [4.78, 5) is 4.33. The van der Waals surface area contributed by atoms with E-state index in [-0.39, 0.29) is 0 Å². The highest BCUT2D eigenvalue weighted by Crippen LogP contribution is 2.20. The monoisotopic (exact) mass is 413 g/mol. The summed E-state index contributed by atoms with van der Waals surface area (Å²) in [7, 11) is 3.48. The zero-order valence-corrected chi connectivity index (χ0v) is 18.7. The molecule has 6 heteroatoms. The predicted octanol–water partition coefficient (Wildman–Crippen LogP) is 3.81. The van der Waals surface area contributed by atoms with Crippen LogP contribution in [-0.4, -0.2) is 39.9 Å². The number of aryl methyl sites for hydroxylation is 1. The Hall–Kier alpha value is -2.57. The number of ether oxygens (including phenoxy) is 3. The maximum absolute atomic E-state index is 5.96.